The topological polar surface area (TPSA) is 101 Å². The second kappa shape index (κ2) is 6.99. The maximum atomic E-state index is 12.1. The molecule has 1 aromatic carbocycles. The van der Waals surface area contributed by atoms with Crippen LogP contribution >= 0.6 is 11.5 Å². The number of amides is 1. The number of ether oxygens (including phenoxy) is 1. The van der Waals surface area contributed by atoms with Gasteiger partial charge in [-0.2, -0.15) is 0 Å². The van der Waals surface area contributed by atoms with E-state index in [1.165, 1.54) is 0 Å². The van der Waals surface area contributed by atoms with Crippen LogP contribution in [-0.2, 0) is 4.79 Å². The Balaban J connectivity index is 1.98. The highest BCUT2D eigenvalue weighted by molar-refractivity contribution is 7.08. The summed E-state index contributed by atoms with van der Waals surface area (Å²) < 4.78 is 8.79. The minimum Gasteiger partial charge on any atom is -0.482 e. The van der Waals surface area contributed by atoms with E-state index in [0.29, 0.717) is 16.3 Å². The van der Waals surface area contributed by atoms with Crippen LogP contribution in [0.5, 0.6) is 5.75 Å². The summed E-state index contributed by atoms with van der Waals surface area (Å²) in [4.78, 5) is 23.0. The van der Waals surface area contributed by atoms with Crippen molar-refractivity contribution >= 4 is 23.4 Å². The number of aromatic nitrogens is 2. The molecule has 2 aromatic rings. The third-order valence-corrected chi connectivity index (χ3v) is 3.77. The number of aliphatic carboxylic acids is 1. The molecule has 1 unspecified atom stereocenters. The van der Waals surface area contributed by atoms with Crippen LogP contribution in [0.15, 0.2) is 24.3 Å². The minimum atomic E-state index is -1.03. The molecule has 0 fully saturated rings. The molecule has 2 rings (SSSR count). The number of aryl methyl sites for hydroxylation is 1. The summed E-state index contributed by atoms with van der Waals surface area (Å²) in [5.41, 5.74) is 1.48. The average Bonchev–Trinajstić information content (AvgIpc) is 2.91. The lowest BCUT2D eigenvalue weighted by atomic mass is 10.1. The van der Waals surface area contributed by atoms with Crippen LogP contribution in [0.3, 0.4) is 0 Å². The van der Waals surface area contributed by atoms with Crippen LogP contribution in [0.25, 0.3) is 0 Å². The van der Waals surface area contributed by atoms with Gasteiger partial charge in [-0.25, -0.2) is 4.79 Å². The Kier molecular flexibility index (Phi) is 5.05. The number of carbonyl (C=O) groups is 2. The number of rotatable bonds is 6. The predicted octanol–water partition coefficient (Wildman–Crippen LogP) is 1.80. The van der Waals surface area contributed by atoms with E-state index < -0.39 is 5.97 Å². The lowest BCUT2D eigenvalue weighted by molar-refractivity contribution is -0.139. The van der Waals surface area contributed by atoms with Crippen molar-refractivity contribution in [3.05, 3.63) is 40.4 Å². The maximum absolute atomic E-state index is 12.1. The highest BCUT2D eigenvalue weighted by atomic mass is 32.1. The smallest absolute Gasteiger partial charge is 0.341 e. The summed E-state index contributed by atoms with van der Waals surface area (Å²) >= 11 is 1.06. The molecule has 1 aromatic heterocycles. The van der Waals surface area contributed by atoms with Crippen LogP contribution in [0.4, 0.5) is 0 Å². The van der Waals surface area contributed by atoms with Gasteiger partial charge in [-0.1, -0.05) is 16.6 Å². The lowest BCUT2D eigenvalue weighted by Gasteiger charge is -2.14. The minimum absolute atomic E-state index is 0.206. The van der Waals surface area contributed by atoms with Crippen molar-refractivity contribution in [2.45, 2.75) is 19.9 Å². The summed E-state index contributed by atoms with van der Waals surface area (Å²) in [6.45, 7) is 3.20. The second-order valence-electron chi connectivity index (χ2n) is 4.63. The number of hydrogen-bond donors (Lipinski definition) is 2. The number of nitrogens with zero attached hydrogens (tertiary/aromatic N) is 2. The Hall–Kier alpha value is -2.48. The van der Waals surface area contributed by atoms with Gasteiger partial charge in [0.1, 0.15) is 10.6 Å². The van der Waals surface area contributed by atoms with Gasteiger partial charge in [-0.15, -0.1) is 5.10 Å². The maximum Gasteiger partial charge on any atom is 0.341 e. The Bertz CT molecular complexity index is 669. The van der Waals surface area contributed by atoms with Crippen LogP contribution in [0.1, 0.15) is 33.9 Å². The van der Waals surface area contributed by atoms with Gasteiger partial charge in [0.05, 0.1) is 11.7 Å². The molecule has 22 heavy (non-hydrogen) atoms. The third kappa shape index (κ3) is 4.01. The monoisotopic (exact) mass is 321 g/mol. The number of carboxylic acids is 1. The van der Waals surface area contributed by atoms with E-state index in [0.717, 1.165) is 17.1 Å². The van der Waals surface area contributed by atoms with Crippen LogP contribution in [-0.4, -0.2) is 33.2 Å². The van der Waals surface area contributed by atoms with Crippen molar-refractivity contribution in [2.75, 3.05) is 6.61 Å². The van der Waals surface area contributed by atoms with Crippen molar-refractivity contribution in [3.63, 3.8) is 0 Å². The number of nitrogens with one attached hydrogen (secondary N) is 1. The molecule has 0 saturated heterocycles. The summed E-state index contributed by atoms with van der Waals surface area (Å²) in [6.07, 6.45) is 0. The fraction of sp³-hybridized carbons (Fsp3) is 0.286. The average molecular weight is 321 g/mol. The molecule has 2 N–H and O–H groups in total. The van der Waals surface area contributed by atoms with Gasteiger partial charge in [0, 0.05) is 0 Å². The normalized spacial score (nSPS) is 11.7. The molecule has 8 heteroatoms. The zero-order valence-electron chi connectivity index (χ0n) is 12.1. The van der Waals surface area contributed by atoms with Gasteiger partial charge >= 0.3 is 5.97 Å². The number of benzene rings is 1. The molecule has 0 bridgehead atoms. The molecular formula is C14H15N3O4S. The van der Waals surface area contributed by atoms with Crippen LogP contribution in [0, 0.1) is 6.92 Å². The van der Waals surface area contributed by atoms with E-state index >= 15 is 0 Å². The highest BCUT2D eigenvalue weighted by Crippen LogP contribution is 2.19. The zero-order chi connectivity index (χ0) is 16.1. The van der Waals surface area contributed by atoms with Gasteiger partial charge in [0.15, 0.2) is 6.61 Å². The molecule has 0 aliphatic rings. The van der Waals surface area contributed by atoms with Gasteiger partial charge in [-0.3, -0.25) is 4.79 Å². The molecule has 0 radical (unpaired) electrons. The Morgan fingerprint density at radius 2 is 2.05 bits per heavy atom. The molecule has 0 saturated carbocycles. The van der Waals surface area contributed by atoms with Crippen molar-refractivity contribution in [3.8, 4) is 5.75 Å². The highest BCUT2D eigenvalue weighted by Gasteiger charge is 2.16. The Morgan fingerprint density at radius 3 is 2.59 bits per heavy atom. The van der Waals surface area contributed by atoms with Gasteiger partial charge in [0.25, 0.3) is 5.91 Å². The summed E-state index contributed by atoms with van der Waals surface area (Å²) in [7, 11) is 0. The molecule has 116 valence electrons. The molecule has 0 aliphatic carbocycles. The number of carboxylic acid groups (broad SMARTS) is 1. The fourth-order valence-corrected chi connectivity index (χ4v) is 2.34. The van der Waals surface area contributed by atoms with Crippen molar-refractivity contribution in [1.29, 1.82) is 0 Å². The molecule has 1 heterocycles. The first-order chi connectivity index (χ1) is 10.5. The van der Waals surface area contributed by atoms with Gasteiger partial charge in [0.2, 0.25) is 0 Å². The Labute approximate surface area is 131 Å². The van der Waals surface area contributed by atoms with Crippen molar-refractivity contribution in [2.24, 2.45) is 0 Å². The first-order valence-electron chi connectivity index (χ1n) is 6.51. The molecular weight excluding hydrogens is 306 g/mol. The SMILES string of the molecule is Cc1nnsc1C(=O)NC(C)c1ccc(OCC(=O)O)cc1. The van der Waals surface area contributed by atoms with E-state index in [1.807, 2.05) is 6.92 Å². The summed E-state index contributed by atoms with van der Waals surface area (Å²) in [5.74, 6) is -0.781. The molecule has 7 nitrogen and oxygen atoms in total. The second-order valence-corrected chi connectivity index (χ2v) is 5.39. The largest absolute Gasteiger partial charge is 0.482 e. The van der Waals surface area contributed by atoms with E-state index in [1.54, 1.807) is 31.2 Å². The number of hydrogen-bond acceptors (Lipinski definition) is 6. The van der Waals surface area contributed by atoms with Crippen LogP contribution in [0.2, 0.25) is 0 Å². The van der Waals surface area contributed by atoms with Gasteiger partial charge < -0.3 is 15.2 Å². The first kappa shape index (κ1) is 15.9. The van der Waals surface area contributed by atoms with E-state index in [2.05, 4.69) is 14.9 Å². The van der Waals surface area contributed by atoms with Crippen molar-refractivity contribution in [1.82, 2.24) is 14.9 Å². The Morgan fingerprint density at radius 1 is 1.36 bits per heavy atom. The quantitative estimate of drug-likeness (QED) is 0.841. The standard InChI is InChI=1S/C14H15N3O4S/c1-8(15-14(20)13-9(2)16-17-22-13)10-3-5-11(6-4-10)21-7-12(18)19/h3-6,8H,7H2,1-2H3,(H,15,20)(H,18,19). The summed E-state index contributed by atoms with van der Waals surface area (Å²) in [5, 5.41) is 15.2. The lowest BCUT2D eigenvalue weighted by Crippen LogP contribution is -2.26. The zero-order valence-corrected chi connectivity index (χ0v) is 12.9. The van der Waals surface area contributed by atoms with Crippen molar-refractivity contribution < 1.29 is 19.4 Å². The molecule has 1 amide bonds. The predicted molar refractivity (Wildman–Crippen MR) is 80.1 cm³/mol. The van der Waals surface area contributed by atoms with Crippen LogP contribution < -0.4 is 10.1 Å². The summed E-state index contributed by atoms with van der Waals surface area (Å²) in [6, 6.07) is 6.68. The molecule has 0 spiro atoms. The molecule has 1 atom stereocenters. The van der Waals surface area contributed by atoms with Gasteiger partial charge in [-0.05, 0) is 43.1 Å². The van der Waals surface area contributed by atoms with E-state index in [4.69, 9.17) is 9.84 Å². The van der Waals surface area contributed by atoms with E-state index in [9.17, 15) is 9.59 Å². The molecule has 0 aliphatic heterocycles. The first-order valence-corrected chi connectivity index (χ1v) is 7.29. The fourth-order valence-electron chi connectivity index (χ4n) is 1.78. The van der Waals surface area contributed by atoms with E-state index in [-0.39, 0.29) is 18.6 Å². The third-order valence-electron chi connectivity index (χ3n) is 2.95. The number of carbonyl (C=O) groups excluding carboxylic acids is 1.